The van der Waals surface area contributed by atoms with Gasteiger partial charge in [-0.2, -0.15) is 11.8 Å². The van der Waals surface area contributed by atoms with Gasteiger partial charge in [-0.1, -0.05) is 35.4 Å². The first-order chi connectivity index (χ1) is 6.69. The molecule has 0 saturated heterocycles. The van der Waals surface area contributed by atoms with Crippen LogP contribution >= 0.6 is 34.4 Å². The molecule has 0 radical (unpaired) electrons. The van der Waals surface area contributed by atoms with Crippen LogP contribution in [0.5, 0.6) is 0 Å². The first-order valence-electron chi connectivity index (χ1n) is 5.12. The van der Waals surface area contributed by atoms with E-state index in [1.807, 2.05) is 0 Å². The van der Waals surface area contributed by atoms with Crippen molar-refractivity contribution >= 4 is 34.4 Å². The molecule has 0 bridgehead atoms. The van der Waals surface area contributed by atoms with E-state index in [4.69, 9.17) is 4.74 Å². The van der Waals surface area contributed by atoms with Crippen LogP contribution in [0.1, 0.15) is 25.7 Å². The number of hydrogen-bond acceptors (Lipinski definition) is 3. The highest BCUT2D eigenvalue weighted by molar-refractivity contribution is 14.1. The zero-order valence-corrected chi connectivity index (χ0v) is 11.6. The average Bonchev–Trinajstić information content (AvgIpc) is 2.18. The van der Waals surface area contributed by atoms with E-state index in [-0.39, 0.29) is 0 Å². The molecule has 0 heterocycles. The summed E-state index contributed by atoms with van der Waals surface area (Å²) in [4.78, 5) is 0. The second-order valence-corrected chi connectivity index (χ2v) is 6.35. The lowest BCUT2D eigenvalue weighted by Crippen LogP contribution is -2.45. The van der Waals surface area contributed by atoms with Gasteiger partial charge in [0.2, 0.25) is 0 Å². The maximum absolute atomic E-state index is 10.3. The van der Waals surface area contributed by atoms with Gasteiger partial charge < -0.3 is 9.84 Å². The molecule has 2 atom stereocenters. The summed E-state index contributed by atoms with van der Waals surface area (Å²) in [5.74, 6) is 1.02. The molecule has 0 aromatic heterocycles. The van der Waals surface area contributed by atoms with Crippen LogP contribution in [0.3, 0.4) is 0 Å². The summed E-state index contributed by atoms with van der Waals surface area (Å²) in [6.45, 7) is 1.27. The fourth-order valence-electron chi connectivity index (χ4n) is 1.73. The molecule has 14 heavy (non-hydrogen) atoms. The minimum absolute atomic E-state index is 0.364. The summed E-state index contributed by atoms with van der Waals surface area (Å²) >= 11 is 4.14. The maximum Gasteiger partial charge on any atom is 0.0996 e. The van der Waals surface area contributed by atoms with Gasteiger partial charge in [-0.3, -0.25) is 0 Å². The van der Waals surface area contributed by atoms with Crippen molar-refractivity contribution in [2.75, 3.05) is 25.2 Å². The number of aliphatic hydroxyl groups is 1. The summed E-state index contributed by atoms with van der Waals surface area (Å²) in [6.07, 6.45) is 6.49. The summed E-state index contributed by atoms with van der Waals surface area (Å²) < 4.78 is 5.88. The van der Waals surface area contributed by atoms with Gasteiger partial charge in [0.1, 0.15) is 0 Å². The summed E-state index contributed by atoms with van der Waals surface area (Å²) in [7, 11) is 0. The number of hydrogen-bond donors (Lipinski definition) is 1. The fourth-order valence-corrected chi connectivity index (χ4v) is 2.95. The smallest absolute Gasteiger partial charge is 0.0996 e. The summed E-state index contributed by atoms with van der Waals surface area (Å²) in [5.41, 5.74) is -0.558. The fraction of sp³-hybridized carbons (Fsp3) is 1.00. The predicted molar refractivity (Wildman–Crippen MR) is 70.4 cm³/mol. The van der Waals surface area contributed by atoms with Crippen molar-refractivity contribution in [3.05, 3.63) is 0 Å². The van der Waals surface area contributed by atoms with E-state index >= 15 is 0 Å². The quantitative estimate of drug-likeness (QED) is 0.477. The molecule has 1 rings (SSSR count). The largest absolute Gasteiger partial charge is 0.386 e. The zero-order chi connectivity index (χ0) is 10.4. The normalized spacial score (nSPS) is 33.2. The van der Waals surface area contributed by atoms with Gasteiger partial charge in [0.15, 0.2) is 0 Å². The second kappa shape index (κ2) is 6.55. The first-order valence-corrected chi connectivity index (χ1v) is 7.76. The molecule has 4 heteroatoms. The Hall–Kier alpha value is 1.00. The van der Waals surface area contributed by atoms with E-state index in [0.29, 0.717) is 10.5 Å². The van der Waals surface area contributed by atoms with E-state index in [2.05, 4.69) is 28.8 Å². The number of alkyl halides is 1. The van der Waals surface area contributed by atoms with Gasteiger partial charge in [-0.05, 0) is 19.1 Å². The lowest BCUT2D eigenvalue weighted by atomic mass is 9.85. The van der Waals surface area contributed by atoms with Gasteiger partial charge in [-0.25, -0.2) is 0 Å². The molecule has 2 nitrogen and oxygen atoms in total. The molecule has 1 fully saturated rings. The van der Waals surface area contributed by atoms with Crippen molar-refractivity contribution in [2.45, 2.75) is 35.2 Å². The Bertz CT molecular complexity index is 168. The first kappa shape index (κ1) is 13.1. The average molecular weight is 330 g/mol. The van der Waals surface area contributed by atoms with Crippen molar-refractivity contribution in [1.82, 2.24) is 0 Å². The molecule has 0 spiro atoms. The molecular weight excluding hydrogens is 311 g/mol. The van der Waals surface area contributed by atoms with Crippen LogP contribution in [0, 0.1) is 0 Å². The molecule has 1 aliphatic rings. The van der Waals surface area contributed by atoms with Gasteiger partial charge in [-0.15, -0.1) is 0 Å². The van der Waals surface area contributed by atoms with Crippen molar-refractivity contribution in [3.63, 3.8) is 0 Å². The Kier molecular flexibility index (Phi) is 6.12. The van der Waals surface area contributed by atoms with Gasteiger partial charge >= 0.3 is 0 Å². The molecule has 2 unspecified atom stereocenters. The number of ether oxygens (including phenoxy) is 1. The van der Waals surface area contributed by atoms with Gasteiger partial charge in [0.05, 0.1) is 18.8 Å². The number of thioether (sulfide) groups is 1. The van der Waals surface area contributed by atoms with Crippen LogP contribution in [0.15, 0.2) is 0 Å². The van der Waals surface area contributed by atoms with E-state index in [9.17, 15) is 5.11 Å². The Morgan fingerprint density at radius 3 is 3.00 bits per heavy atom. The molecular formula is C10H19IO2S. The van der Waals surface area contributed by atoms with Crippen molar-refractivity contribution in [2.24, 2.45) is 0 Å². The Labute approximate surface area is 104 Å². The predicted octanol–water partition coefficient (Wildman–Crippen LogP) is 2.47. The maximum atomic E-state index is 10.3. The monoisotopic (exact) mass is 330 g/mol. The van der Waals surface area contributed by atoms with Gasteiger partial charge in [0, 0.05) is 9.68 Å². The summed E-state index contributed by atoms with van der Waals surface area (Å²) in [5, 5.41) is 10.3. The van der Waals surface area contributed by atoms with Crippen LogP contribution in [0.25, 0.3) is 0 Å². The Balaban J connectivity index is 2.25. The SMILES string of the molecule is CSCCOCC1(O)CCCCC1I. The van der Waals surface area contributed by atoms with Gasteiger partial charge in [0.25, 0.3) is 0 Å². The minimum Gasteiger partial charge on any atom is -0.386 e. The van der Waals surface area contributed by atoms with Crippen LogP contribution < -0.4 is 0 Å². The third kappa shape index (κ3) is 3.87. The topological polar surface area (TPSA) is 29.5 Å². The third-order valence-electron chi connectivity index (χ3n) is 2.68. The zero-order valence-electron chi connectivity index (χ0n) is 8.67. The van der Waals surface area contributed by atoms with Crippen LogP contribution in [0.4, 0.5) is 0 Å². The molecule has 1 saturated carbocycles. The number of halogens is 1. The van der Waals surface area contributed by atoms with Crippen molar-refractivity contribution in [3.8, 4) is 0 Å². The molecule has 84 valence electrons. The standard InChI is InChI=1S/C10H19IO2S/c1-14-7-6-13-8-10(12)5-3-2-4-9(10)11/h9,12H,2-8H2,1H3. The molecule has 0 amide bonds. The van der Waals surface area contributed by atoms with E-state index in [1.165, 1.54) is 6.42 Å². The molecule has 1 aliphatic carbocycles. The van der Waals surface area contributed by atoms with Crippen molar-refractivity contribution in [1.29, 1.82) is 0 Å². The second-order valence-electron chi connectivity index (χ2n) is 3.86. The lowest BCUT2D eigenvalue weighted by Gasteiger charge is -2.36. The van der Waals surface area contributed by atoms with E-state index in [1.54, 1.807) is 11.8 Å². The minimum atomic E-state index is -0.558. The lowest BCUT2D eigenvalue weighted by molar-refractivity contribution is -0.0571. The highest BCUT2D eigenvalue weighted by atomic mass is 127. The Morgan fingerprint density at radius 2 is 2.36 bits per heavy atom. The molecule has 0 aromatic rings. The van der Waals surface area contributed by atoms with Crippen LogP contribution in [0.2, 0.25) is 0 Å². The highest BCUT2D eigenvalue weighted by Crippen LogP contribution is 2.34. The van der Waals surface area contributed by atoms with Crippen LogP contribution in [-0.4, -0.2) is 39.9 Å². The van der Waals surface area contributed by atoms with Crippen LogP contribution in [-0.2, 0) is 4.74 Å². The number of rotatable bonds is 5. The Morgan fingerprint density at radius 1 is 1.57 bits per heavy atom. The molecule has 1 N–H and O–H groups in total. The van der Waals surface area contributed by atoms with E-state index < -0.39 is 5.60 Å². The summed E-state index contributed by atoms with van der Waals surface area (Å²) in [6, 6.07) is 0. The molecule has 0 aromatic carbocycles. The highest BCUT2D eigenvalue weighted by Gasteiger charge is 2.37. The molecule has 0 aliphatic heterocycles. The third-order valence-corrected chi connectivity index (χ3v) is 5.04. The van der Waals surface area contributed by atoms with E-state index in [0.717, 1.165) is 31.6 Å². The van der Waals surface area contributed by atoms with Crippen molar-refractivity contribution < 1.29 is 9.84 Å².